The zero-order chi connectivity index (χ0) is 49.4. The number of rotatable bonds is 14. The molecule has 3 aromatic rings. The number of aliphatic carboxylic acids is 4. The zero-order valence-corrected chi connectivity index (χ0v) is 42.0. The Morgan fingerprint density at radius 3 is 1.87 bits per heavy atom. The Labute approximate surface area is 420 Å². The number of halogens is 3. The number of alkyl halides is 3. The van der Waals surface area contributed by atoms with Crippen LogP contribution in [0.15, 0.2) is 36.4 Å². The number of phenols is 1. The molecule has 2 bridgehead atoms. The van der Waals surface area contributed by atoms with E-state index in [2.05, 4.69) is 26.9 Å². The predicted octanol–water partition coefficient (Wildman–Crippen LogP) is -2.72. The van der Waals surface area contributed by atoms with Crippen molar-refractivity contribution < 1.29 is 72.5 Å². The van der Waals surface area contributed by atoms with Crippen molar-refractivity contribution in [2.75, 3.05) is 98.2 Å². The van der Waals surface area contributed by atoms with Gasteiger partial charge < -0.3 is 59.6 Å². The third kappa shape index (κ3) is 11.0. The minimum Gasteiger partial charge on any atom is -0.549 e. The summed E-state index contributed by atoms with van der Waals surface area (Å²) in [6.45, 7) is 3.63. The maximum atomic E-state index is 13.6. The van der Waals surface area contributed by atoms with Crippen LogP contribution < -0.4 is 25.4 Å². The van der Waals surface area contributed by atoms with Gasteiger partial charge in [0.25, 0.3) is 0 Å². The van der Waals surface area contributed by atoms with Crippen LogP contribution in [-0.4, -0.2) is 216 Å². The van der Waals surface area contributed by atoms with Crippen molar-refractivity contribution in [3.63, 3.8) is 0 Å². The molecule has 4 N–H and O–H groups in total. The molecule has 1 saturated carbocycles. The van der Waals surface area contributed by atoms with Gasteiger partial charge in [-0.05, 0) is 67.8 Å². The normalized spacial score (nSPS) is 25.1. The average molecular weight is 1080 g/mol. The van der Waals surface area contributed by atoms with Crippen LogP contribution in [0.3, 0.4) is 0 Å². The topological polar surface area (TPSA) is 258 Å². The summed E-state index contributed by atoms with van der Waals surface area (Å²) in [4.78, 5) is 66.3. The number of nitrogens with zero attached hydrogens (tertiary/aromatic N) is 6. The molecule has 2 aromatic carbocycles. The molecule has 0 unspecified atom stereocenters. The molecule has 4 heterocycles. The number of aryl methyl sites for hydroxylation is 1. The van der Waals surface area contributed by atoms with Gasteiger partial charge in [-0.15, -0.1) is 0 Å². The summed E-state index contributed by atoms with van der Waals surface area (Å²) in [5.41, 5.74) is 3.40. The van der Waals surface area contributed by atoms with Crippen molar-refractivity contribution in [1.82, 2.24) is 34.4 Å². The smallest absolute Gasteiger partial charge is 0.549 e. The second kappa shape index (κ2) is 21.6. The molecule has 3 aliphatic carbocycles. The second-order valence-corrected chi connectivity index (χ2v) is 19.2. The molecule has 3 fully saturated rings. The third-order valence-corrected chi connectivity index (χ3v) is 14.8. The Bertz CT molecular complexity index is 2430. The predicted molar refractivity (Wildman–Crippen MR) is 238 cm³/mol. The van der Waals surface area contributed by atoms with E-state index in [0.29, 0.717) is 63.5 Å². The van der Waals surface area contributed by atoms with E-state index in [-0.39, 0.29) is 109 Å². The number of amides is 1. The van der Waals surface area contributed by atoms with E-state index >= 15 is 0 Å². The van der Waals surface area contributed by atoms with Crippen LogP contribution in [0.1, 0.15) is 54.2 Å². The first-order chi connectivity index (χ1) is 32.8. The van der Waals surface area contributed by atoms with E-state index in [4.69, 9.17) is 14.6 Å². The number of carbonyl (C=O) groups is 5. The summed E-state index contributed by atoms with van der Waals surface area (Å²) in [5, 5.41) is 70.4. The summed E-state index contributed by atoms with van der Waals surface area (Å²) in [6, 6.07) is 11.9. The third-order valence-electron chi connectivity index (χ3n) is 14.8. The number of aromatic nitrogens is 1. The second-order valence-electron chi connectivity index (χ2n) is 19.2. The number of benzene rings is 2. The minimum atomic E-state index is -5.08. The summed E-state index contributed by atoms with van der Waals surface area (Å²) >= 11 is 0. The van der Waals surface area contributed by atoms with Crippen molar-refractivity contribution in [1.29, 1.82) is 0 Å². The summed E-state index contributed by atoms with van der Waals surface area (Å²) < 4.78 is 41.0. The van der Waals surface area contributed by atoms with Gasteiger partial charge in [0.05, 0.1) is 41.2 Å². The number of aromatic hydroxyl groups is 1. The number of carboxylic acid groups (broad SMARTS) is 4. The first kappa shape index (κ1) is 53.2. The fraction of sp³-hybridized carbons (Fsp3) is 0.596. The van der Waals surface area contributed by atoms with Crippen LogP contribution in [-0.2, 0) is 48.8 Å². The molecule has 70 heavy (non-hydrogen) atoms. The molecule has 23 heteroatoms. The van der Waals surface area contributed by atoms with Crippen LogP contribution in [0.2, 0.25) is 0 Å². The van der Waals surface area contributed by atoms with Gasteiger partial charge in [-0.1, -0.05) is 24.3 Å². The first-order valence-electron chi connectivity index (χ1n) is 23.4. The van der Waals surface area contributed by atoms with Crippen LogP contribution in [0.25, 0.3) is 10.9 Å². The molecule has 4 atom stereocenters. The summed E-state index contributed by atoms with van der Waals surface area (Å²) in [7, 11) is 0. The van der Waals surface area contributed by atoms with E-state index in [9.17, 15) is 57.9 Å². The van der Waals surface area contributed by atoms with Crippen molar-refractivity contribution in [2.45, 2.75) is 74.4 Å². The van der Waals surface area contributed by atoms with Crippen molar-refractivity contribution in [3.8, 4) is 11.5 Å². The minimum absolute atomic E-state index is 0. The number of para-hydroxylation sites is 1. The molecule has 1 spiro atoms. The molecule has 376 valence electrons. The van der Waals surface area contributed by atoms with Gasteiger partial charge in [-0.2, -0.15) is 13.2 Å². The number of fused-ring (bicyclic) bond motifs is 4. The van der Waals surface area contributed by atoms with Crippen LogP contribution in [0.5, 0.6) is 11.5 Å². The number of carbonyl (C=O) groups excluding carboxylic acids is 4. The number of nitrogens with one attached hydrogen (secondary N) is 1. The largest absolute Gasteiger partial charge is 3.00 e. The first-order valence-corrected chi connectivity index (χ1v) is 23.4. The molecular formula is C47H57F3InN7O12. The Morgan fingerprint density at radius 2 is 1.34 bits per heavy atom. The fourth-order valence-corrected chi connectivity index (χ4v) is 11.5. The molecule has 1 aromatic heterocycles. The van der Waals surface area contributed by atoms with Crippen molar-refractivity contribution in [3.05, 3.63) is 58.8 Å². The van der Waals surface area contributed by atoms with Crippen LogP contribution >= 0.6 is 0 Å². The molecule has 1 amide bonds. The van der Waals surface area contributed by atoms with Gasteiger partial charge in [-0.25, -0.2) is 4.79 Å². The van der Waals surface area contributed by atoms with Gasteiger partial charge in [0, 0.05) is 121 Å². The van der Waals surface area contributed by atoms with E-state index in [1.54, 1.807) is 20.8 Å². The number of likely N-dealkylation sites (tertiary alicyclic amines) is 1. The molecule has 0 radical (unpaired) electrons. The van der Waals surface area contributed by atoms with E-state index < -0.39 is 47.2 Å². The number of piperidine rings is 1. The average Bonchev–Trinajstić information content (AvgIpc) is 3.95. The molecule has 19 nitrogen and oxygen atoms in total. The number of phenolic OH excluding ortho intramolecular Hbond substituents is 1. The molecule has 6 aliphatic rings. The number of hydrogen-bond acceptors (Lipinski definition) is 16. The zero-order valence-electron chi connectivity index (χ0n) is 38.7. The quantitative estimate of drug-likeness (QED) is 0.120. The van der Waals surface area contributed by atoms with Gasteiger partial charge in [0.15, 0.2) is 17.6 Å². The number of hydrogen-bond donors (Lipinski definition) is 4. The SMILES string of the molecule is O=C(O)C(F)(F)F.O=C([O-])CN1CCN(CC(=O)[O-])CCN(CC(=O)NCCCn2c3c(c4ccccc42)C[C@@]2(O)[C@H]4Cc5ccc(O)c6c5[C@@]2(CCN4CC2CC2)[C@H]3O6)CCN(CC(=O)[O-])CC1.[In+3]. The monoisotopic (exact) mass is 1080 g/mol. The fourth-order valence-electron chi connectivity index (χ4n) is 11.5. The number of ether oxygens (including phenoxy) is 1. The standard InChI is InChI=1S/C45H59N7O10.C2HF3O2.In/c53-34-9-8-30-22-35-45(61)23-32-31-4-1-2-5-33(31)52(41(32)43-44(45,40(30)42(34)62-43)10-13-51(35)24-29-6-7-29)12-3-11-46-36(54)25-47-14-16-48(26-37(55)56)18-20-50(28-39(59)60)21-19-49(17-15-47)27-38(57)58;3-2(4,5)1(6)7;/h1-2,4-5,8-9,29,35,43,53,61H,3,6-7,10-28H2,(H,46,54)(H,55,56)(H,57,58)(H,59,60);(H,6,7);/q;;+3/p-3/t35-,43+,44+,45-;;/m1../s1. The van der Waals surface area contributed by atoms with Gasteiger partial charge >= 0.3 is 38.0 Å². The van der Waals surface area contributed by atoms with Crippen LogP contribution in [0.4, 0.5) is 13.2 Å². The van der Waals surface area contributed by atoms with Crippen molar-refractivity contribution in [2.24, 2.45) is 5.92 Å². The maximum absolute atomic E-state index is 13.6. The molecule has 9 rings (SSSR count). The maximum Gasteiger partial charge on any atom is 3.00 e. The number of aliphatic hydroxyl groups is 1. The summed E-state index contributed by atoms with van der Waals surface area (Å²) in [5.74, 6) is -5.57. The Kier molecular flexibility index (Phi) is 16.4. The Balaban J connectivity index is 0.000000840. The molecule has 2 saturated heterocycles. The van der Waals surface area contributed by atoms with Crippen molar-refractivity contribution >= 4 is 66.5 Å². The Morgan fingerprint density at radius 1 is 0.800 bits per heavy atom. The van der Waals surface area contributed by atoms with E-state index in [1.807, 2.05) is 23.1 Å². The van der Waals surface area contributed by atoms with Gasteiger partial charge in [-0.3, -0.25) is 29.3 Å². The molecule has 3 aliphatic heterocycles. The van der Waals surface area contributed by atoms with E-state index in [1.165, 1.54) is 12.8 Å². The van der Waals surface area contributed by atoms with Gasteiger partial charge in [0.2, 0.25) is 5.91 Å². The Hall–Kier alpha value is -4.65. The molecular weight excluding hydrogens is 1030 g/mol. The van der Waals surface area contributed by atoms with E-state index in [0.717, 1.165) is 46.4 Å². The van der Waals surface area contributed by atoms with Gasteiger partial charge in [0.1, 0.15) is 0 Å². The summed E-state index contributed by atoms with van der Waals surface area (Å²) in [6.07, 6.45) is -0.648. The number of carboxylic acids is 4. The van der Waals surface area contributed by atoms with Crippen LogP contribution in [0, 0.1) is 5.92 Å².